The lowest BCUT2D eigenvalue weighted by Crippen LogP contribution is -2.38. The average molecular weight is 238 g/mol. The van der Waals surface area contributed by atoms with Crippen molar-refractivity contribution >= 4 is 6.09 Å². The summed E-state index contributed by atoms with van der Waals surface area (Å²) in [4.78, 5) is 13.6. The number of fused-ring (bicyclic) bond motifs is 1. The van der Waals surface area contributed by atoms with Gasteiger partial charge >= 0.3 is 6.09 Å². The Hall–Kier alpha value is -1.59. The second kappa shape index (κ2) is 4.35. The van der Waals surface area contributed by atoms with Crippen molar-refractivity contribution in [2.45, 2.75) is 39.3 Å². The third-order valence-electron chi connectivity index (χ3n) is 2.56. The largest absolute Gasteiger partial charge is 0.444 e. The summed E-state index contributed by atoms with van der Waals surface area (Å²) in [6.07, 6.45) is 2.17. The number of aromatic nitrogens is 3. The maximum absolute atomic E-state index is 11.9. The van der Waals surface area contributed by atoms with Gasteiger partial charge in [0.1, 0.15) is 17.8 Å². The van der Waals surface area contributed by atoms with Crippen molar-refractivity contribution in [1.82, 2.24) is 19.7 Å². The highest BCUT2D eigenvalue weighted by atomic mass is 16.6. The van der Waals surface area contributed by atoms with E-state index in [0.717, 1.165) is 18.8 Å². The Labute approximate surface area is 101 Å². The number of rotatable bonds is 0. The van der Waals surface area contributed by atoms with Crippen molar-refractivity contribution < 1.29 is 9.53 Å². The zero-order chi connectivity index (χ0) is 12.5. The van der Waals surface area contributed by atoms with Gasteiger partial charge in [0, 0.05) is 26.1 Å². The molecule has 0 bridgehead atoms. The first-order chi connectivity index (χ1) is 7.96. The van der Waals surface area contributed by atoms with Crippen molar-refractivity contribution in [3.8, 4) is 0 Å². The average Bonchev–Trinajstić information content (AvgIpc) is 2.54. The van der Waals surface area contributed by atoms with E-state index in [1.54, 1.807) is 11.2 Å². The van der Waals surface area contributed by atoms with Crippen LogP contribution in [0.3, 0.4) is 0 Å². The number of carbonyl (C=O) groups excluding carboxylic acids is 1. The molecule has 1 aromatic rings. The van der Waals surface area contributed by atoms with Gasteiger partial charge < -0.3 is 14.2 Å². The molecule has 0 N–H and O–H groups in total. The maximum Gasteiger partial charge on any atom is 0.410 e. The predicted octanol–water partition coefficient (Wildman–Crippen LogP) is 1.07. The summed E-state index contributed by atoms with van der Waals surface area (Å²) in [6, 6.07) is 0. The minimum atomic E-state index is -0.446. The monoisotopic (exact) mass is 238 g/mol. The van der Waals surface area contributed by atoms with Gasteiger partial charge in [-0.25, -0.2) is 4.79 Å². The Morgan fingerprint density at radius 3 is 2.82 bits per heavy atom. The molecule has 6 heteroatoms. The van der Waals surface area contributed by atoms with Gasteiger partial charge in [0.05, 0.1) is 0 Å². The zero-order valence-corrected chi connectivity index (χ0v) is 10.5. The van der Waals surface area contributed by atoms with Crippen LogP contribution in [-0.4, -0.2) is 44.4 Å². The standard InChI is InChI=1S/C11H18N4O2/c1-11(2,3)17-10(16)14-5-4-9-13-12-8-15(9)7-6-14/h8H,4-7H2,1-3H3. The topological polar surface area (TPSA) is 60.2 Å². The number of ether oxygens (including phenoxy) is 1. The van der Waals surface area contributed by atoms with Crippen LogP contribution in [0.25, 0.3) is 0 Å². The van der Waals surface area contributed by atoms with E-state index >= 15 is 0 Å². The van der Waals surface area contributed by atoms with Crippen LogP contribution in [0.1, 0.15) is 26.6 Å². The maximum atomic E-state index is 11.9. The van der Waals surface area contributed by atoms with Gasteiger partial charge in [0.25, 0.3) is 0 Å². The highest BCUT2D eigenvalue weighted by molar-refractivity contribution is 5.68. The van der Waals surface area contributed by atoms with Crippen LogP contribution in [-0.2, 0) is 17.7 Å². The summed E-state index contributed by atoms with van der Waals surface area (Å²) < 4.78 is 7.33. The lowest BCUT2D eigenvalue weighted by atomic mass is 10.2. The Balaban J connectivity index is 1.97. The van der Waals surface area contributed by atoms with Gasteiger partial charge in [-0.1, -0.05) is 0 Å². The number of hydrogen-bond donors (Lipinski definition) is 0. The molecule has 17 heavy (non-hydrogen) atoms. The molecule has 2 heterocycles. The summed E-state index contributed by atoms with van der Waals surface area (Å²) in [5.41, 5.74) is -0.446. The summed E-state index contributed by atoms with van der Waals surface area (Å²) >= 11 is 0. The minimum absolute atomic E-state index is 0.254. The van der Waals surface area contributed by atoms with E-state index in [1.165, 1.54) is 0 Å². The molecule has 0 spiro atoms. The molecule has 0 unspecified atom stereocenters. The van der Waals surface area contributed by atoms with Crippen LogP contribution >= 0.6 is 0 Å². The zero-order valence-electron chi connectivity index (χ0n) is 10.5. The fourth-order valence-corrected chi connectivity index (χ4v) is 1.74. The van der Waals surface area contributed by atoms with Crippen molar-refractivity contribution in [3.63, 3.8) is 0 Å². The Kier molecular flexibility index (Phi) is 3.04. The second-order valence-corrected chi connectivity index (χ2v) is 5.16. The van der Waals surface area contributed by atoms with Crippen molar-refractivity contribution in [1.29, 1.82) is 0 Å². The Morgan fingerprint density at radius 2 is 2.12 bits per heavy atom. The predicted molar refractivity (Wildman–Crippen MR) is 61.5 cm³/mol. The molecule has 1 aliphatic rings. The van der Waals surface area contributed by atoms with E-state index in [1.807, 2.05) is 25.3 Å². The summed E-state index contributed by atoms with van der Waals surface area (Å²) in [6.45, 7) is 7.61. The second-order valence-electron chi connectivity index (χ2n) is 5.16. The molecule has 0 aliphatic carbocycles. The fraction of sp³-hybridized carbons (Fsp3) is 0.727. The molecule has 1 amide bonds. The van der Waals surface area contributed by atoms with E-state index in [4.69, 9.17) is 4.74 Å². The summed E-state index contributed by atoms with van der Waals surface area (Å²) in [5, 5.41) is 7.87. The molecule has 2 rings (SSSR count). The molecular formula is C11H18N4O2. The van der Waals surface area contributed by atoms with Crippen LogP contribution in [0.2, 0.25) is 0 Å². The first kappa shape index (κ1) is 11.9. The Morgan fingerprint density at radius 1 is 1.35 bits per heavy atom. The SMILES string of the molecule is CC(C)(C)OC(=O)N1CCc2nncn2CC1. The highest BCUT2D eigenvalue weighted by Crippen LogP contribution is 2.12. The van der Waals surface area contributed by atoms with Crippen molar-refractivity contribution in [2.75, 3.05) is 13.1 Å². The molecule has 0 saturated heterocycles. The number of nitrogens with zero attached hydrogens (tertiary/aromatic N) is 4. The van der Waals surface area contributed by atoms with Gasteiger partial charge in [-0.15, -0.1) is 10.2 Å². The van der Waals surface area contributed by atoms with E-state index in [0.29, 0.717) is 13.1 Å². The van der Waals surface area contributed by atoms with Crippen LogP contribution in [0.4, 0.5) is 4.79 Å². The molecule has 0 fully saturated rings. The van der Waals surface area contributed by atoms with E-state index in [2.05, 4.69) is 10.2 Å². The molecule has 1 aliphatic heterocycles. The van der Waals surface area contributed by atoms with Crippen LogP contribution in [0.15, 0.2) is 6.33 Å². The molecule has 94 valence electrons. The van der Waals surface area contributed by atoms with Gasteiger partial charge in [-0.05, 0) is 20.8 Å². The van der Waals surface area contributed by atoms with Crippen molar-refractivity contribution in [3.05, 3.63) is 12.2 Å². The van der Waals surface area contributed by atoms with E-state index in [-0.39, 0.29) is 6.09 Å². The van der Waals surface area contributed by atoms with Gasteiger partial charge in [-0.2, -0.15) is 0 Å². The number of amides is 1. The molecular weight excluding hydrogens is 220 g/mol. The first-order valence-corrected chi connectivity index (χ1v) is 5.80. The number of hydrogen-bond acceptors (Lipinski definition) is 4. The molecule has 6 nitrogen and oxygen atoms in total. The normalized spacial score (nSPS) is 16.3. The van der Waals surface area contributed by atoms with Crippen molar-refractivity contribution in [2.24, 2.45) is 0 Å². The van der Waals surface area contributed by atoms with E-state index in [9.17, 15) is 4.79 Å². The summed E-state index contributed by atoms with van der Waals surface area (Å²) in [5.74, 6) is 0.927. The molecule has 0 atom stereocenters. The third-order valence-corrected chi connectivity index (χ3v) is 2.56. The van der Waals surface area contributed by atoms with Gasteiger partial charge in [0.15, 0.2) is 0 Å². The Bertz CT molecular complexity index is 385. The molecule has 0 radical (unpaired) electrons. The summed E-state index contributed by atoms with van der Waals surface area (Å²) in [7, 11) is 0. The highest BCUT2D eigenvalue weighted by Gasteiger charge is 2.24. The van der Waals surface area contributed by atoms with E-state index < -0.39 is 5.60 Å². The van der Waals surface area contributed by atoms with Gasteiger partial charge in [-0.3, -0.25) is 0 Å². The third kappa shape index (κ3) is 2.95. The van der Waals surface area contributed by atoms with Gasteiger partial charge in [0.2, 0.25) is 0 Å². The molecule has 0 aromatic carbocycles. The molecule has 0 saturated carbocycles. The lowest BCUT2D eigenvalue weighted by molar-refractivity contribution is 0.0254. The minimum Gasteiger partial charge on any atom is -0.444 e. The first-order valence-electron chi connectivity index (χ1n) is 5.80. The van der Waals surface area contributed by atoms with Crippen LogP contribution in [0, 0.1) is 0 Å². The number of carbonyl (C=O) groups is 1. The molecule has 1 aromatic heterocycles. The fourth-order valence-electron chi connectivity index (χ4n) is 1.74. The van der Waals surface area contributed by atoms with Crippen LogP contribution in [0.5, 0.6) is 0 Å². The van der Waals surface area contributed by atoms with Crippen LogP contribution < -0.4 is 0 Å². The smallest absolute Gasteiger partial charge is 0.410 e. The quantitative estimate of drug-likeness (QED) is 0.678. The lowest BCUT2D eigenvalue weighted by Gasteiger charge is -2.26.